The molecule has 2 N–H and O–H groups in total. The maximum Gasteiger partial charge on any atom is 0.224 e. The van der Waals surface area contributed by atoms with Crippen molar-refractivity contribution in [2.75, 3.05) is 17.2 Å². The molecule has 0 amide bonds. The molecule has 0 aliphatic rings. The molecule has 0 bridgehead atoms. The number of furan rings is 1. The first-order chi connectivity index (χ1) is 8.29. The normalized spacial score (nSPS) is 10.2. The smallest absolute Gasteiger partial charge is 0.224 e. The molecule has 17 heavy (non-hydrogen) atoms. The molecular formula is C11H13BrN4O. The van der Waals surface area contributed by atoms with Crippen LogP contribution < -0.4 is 10.6 Å². The minimum Gasteiger partial charge on any atom is -0.472 e. The second kappa shape index (κ2) is 5.67. The standard InChI is InChI=1S/C11H13BrN4O/c1-2-13-11-15-6-9(12)10(16-11)14-5-8-3-4-17-7-8/h3-4,6-7H,2,5H2,1H3,(H2,13,14,15,16). The molecule has 90 valence electrons. The van der Waals surface area contributed by atoms with Crippen LogP contribution in [0.25, 0.3) is 0 Å². The Morgan fingerprint density at radius 2 is 2.29 bits per heavy atom. The second-order valence-electron chi connectivity index (χ2n) is 3.41. The SMILES string of the molecule is CCNc1ncc(Br)c(NCc2ccoc2)n1. The van der Waals surface area contributed by atoms with Gasteiger partial charge in [0.25, 0.3) is 0 Å². The van der Waals surface area contributed by atoms with E-state index in [1.54, 1.807) is 18.7 Å². The Labute approximate surface area is 108 Å². The van der Waals surface area contributed by atoms with E-state index in [0.29, 0.717) is 12.5 Å². The number of rotatable bonds is 5. The van der Waals surface area contributed by atoms with Crippen LogP contribution >= 0.6 is 15.9 Å². The van der Waals surface area contributed by atoms with E-state index in [2.05, 4.69) is 36.5 Å². The lowest BCUT2D eigenvalue weighted by Gasteiger charge is -2.08. The van der Waals surface area contributed by atoms with Crippen molar-refractivity contribution >= 4 is 27.7 Å². The molecule has 0 aliphatic heterocycles. The van der Waals surface area contributed by atoms with Gasteiger partial charge in [0.15, 0.2) is 0 Å². The number of nitrogens with zero attached hydrogens (tertiary/aromatic N) is 2. The van der Waals surface area contributed by atoms with Gasteiger partial charge in [-0.2, -0.15) is 4.98 Å². The second-order valence-corrected chi connectivity index (χ2v) is 4.26. The number of nitrogens with one attached hydrogen (secondary N) is 2. The lowest BCUT2D eigenvalue weighted by atomic mass is 10.3. The average Bonchev–Trinajstić information content (AvgIpc) is 2.83. The zero-order valence-electron chi connectivity index (χ0n) is 9.40. The molecule has 0 radical (unpaired) electrons. The molecule has 0 fully saturated rings. The van der Waals surface area contributed by atoms with Crippen LogP contribution in [0.15, 0.2) is 33.7 Å². The van der Waals surface area contributed by atoms with Gasteiger partial charge in [0.2, 0.25) is 5.95 Å². The van der Waals surface area contributed by atoms with E-state index in [-0.39, 0.29) is 0 Å². The minimum atomic E-state index is 0.616. The lowest BCUT2D eigenvalue weighted by molar-refractivity contribution is 0.564. The fraction of sp³-hybridized carbons (Fsp3) is 0.273. The van der Waals surface area contributed by atoms with Crippen molar-refractivity contribution in [3.05, 3.63) is 34.8 Å². The third kappa shape index (κ3) is 3.20. The Morgan fingerprint density at radius 3 is 3.00 bits per heavy atom. The third-order valence-electron chi connectivity index (χ3n) is 2.12. The number of aromatic nitrogens is 2. The fourth-order valence-electron chi connectivity index (χ4n) is 1.31. The highest BCUT2D eigenvalue weighted by Gasteiger charge is 2.04. The van der Waals surface area contributed by atoms with E-state index in [4.69, 9.17) is 4.42 Å². The molecule has 0 aliphatic carbocycles. The van der Waals surface area contributed by atoms with Gasteiger partial charge in [0.05, 0.1) is 17.0 Å². The highest BCUT2D eigenvalue weighted by Crippen LogP contribution is 2.20. The van der Waals surface area contributed by atoms with Gasteiger partial charge in [-0.25, -0.2) is 4.98 Å². The Morgan fingerprint density at radius 1 is 1.41 bits per heavy atom. The molecule has 0 saturated heterocycles. The van der Waals surface area contributed by atoms with Crippen LogP contribution in [-0.2, 0) is 6.54 Å². The number of halogens is 1. The third-order valence-corrected chi connectivity index (χ3v) is 2.70. The van der Waals surface area contributed by atoms with Crippen LogP contribution in [-0.4, -0.2) is 16.5 Å². The van der Waals surface area contributed by atoms with Gasteiger partial charge >= 0.3 is 0 Å². The van der Waals surface area contributed by atoms with Gasteiger partial charge < -0.3 is 15.1 Å². The van der Waals surface area contributed by atoms with Gasteiger partial charge in [-0.3, -0.25) is 0 Å². The summed E-state index contributed by atoms with van der Waals surface area (Å²) < 4.78 is 5.83. The summed E-state index contributed by atoms with van der Waals surface area (Å²) in [4.78, 5) is 8.50. The molecule has 6 heteroatoms. The van der Waals surface area contributed by atoms with Crippen molar-refractivity contribution in [2.24, 2.45) is 0 Å². The average molecular weight is 297 g/mol. The Balaban J connectivity index is 2.06. The molecule has 0 spiro atoms. The van der Waals surface area contributed by atoms with E-state index in [9.17, 15) is 0 Å². The lowest BCUT2D eigenvalue weighted by Crippen LogP contribution is -2.06. The van der Waals surface area contributed by atoms with Gasteiger partial charge in [0, 0.05) is 24.8 Å². The zero-order valence-corrected chi connectivity index (χ0v) is 11.0. The van der Waals surface area contributed by atoms with Gasteiger partial charge in [0.1, 0.15) is 5.82 Å². The highest BCUT2D eigenvalue weighted by atomic mass is 79.9. The van der Waals surface area contributed by atoms with E-state index < -0.39 is 0 Å². The molecule has 0 atom stereocenters. The monoisotopic (exact) mass is 296 g/mol. The minimum absolute atomic E-state index is 0.616. The summed E-state index contributed by atoms with van der Waals surface area (Å²) >= 11 is 3.41. The Kier molecular flexibility index (Phi) is 3.98. The van der Waals surface area contributed by atoms with E-state index in [1.165, 1.54) is 0 Å². The quantitative estimate of drug-likeness (QED) is 0.888. The summed E-state index contributed by atoms with van der Waals surface area (Å²) in [6.45, 7) is 3.46. The van der Waals surface area contributed by atoms with E-state index in [1.807, 2.05) is 13.0 Å². The first kappa shape index (κ1) is 11.9. The first-order valence-electron chi connectivity index (χ1n) is 5.31. The Hall–Kier alpha value is -1.56. The van der Waals surface area contributed by atoms with Crippen molar-refractivity contribution in [3.63, 3.8) is 0 Å². The largest absolute Gasteiger partial charge is 0.472 e. The summed E-state index contributed by atoms with van der Waals surface area (Å²) in [6, 6.07) is 1.91. The summed E-state index contributed by atoms with van der Waals surface area (Å²) in [5, 5.41) is 6.28. The molecule has 2 aromatic heterocycles. The molecule has 0 saturated carbocycles. The van der Waals surface area contributed by atoms with Crippen LogP contribution in [0.4, 0.5) is 11.8 Å². The topological polar surface area (TPSA) is 63.0 Å². The number of hydrogen-bond acceptors (Lipinski definition) is 5. The fourth-order valence-corrected chi connectivity index (χ4v) is 1.64. The predicted molar refractivity (Wildman–Crippen MR) is 69.9 cm³/mol. The summed E-state index contributed by atoms with van der Waals surface area (Å²) in [5.41, 5.74) is 1.07. The number of hydrogen-bond donors (Lipinski definition) is 2. The number of anilines is 2. The first-order valence-corrected chi connectivity index (χ1v) is 6.10. The summed E-state index contributed by atoms with van der Waals surface area (Å²) in [5.74, 6) is 1.38. The molecular weight excluding hydrogens is 284 g/mol. The van der Waals surface area contributed by atoms with Crippen molar-refractivity contribution in [2.45, 2.75) is 13.5 Å². The molecule has 0 aromatic carbocycles. The Bertz CT molecular complexity index is 472. The molecule has 0 unspecified atom stereocenters. The zero-order chi connectivity index (χ0) is 12.1. The van der Waals surface area contributed by atoms with Crippen molar-refractivity contribution in [1.29, 1.82) is 0 Å². The van der Waals surface area contributed by atoms with E-state index in [0.717, 1.165) is 22.4 Å². The van der Waals surface area contributed by atoms with Crippen molar-refractivity contribution in [1.82, 2.24) is 9.97 Å². The molecule has 2 aromatic rings. The predicted octanol–water partition coefficient (Wildman–Crippen LogP) is 2.88. The molecule has 2 rings (SSSR count). The maximum atomic E-state index is 5.00. The van der Waals surface area contributed by atoms with Crippen LogP contribution in [0.5, 0.6) is 0 Å². The van der Waals surface area contributed by atoms with Crippen LogP contribution in [0.2, 0.25) is 0 Å². The highest BCUT2D eigenvalue weighted by molar-refractivity contribution is 9.10. The summed E-state index contributed by atoms with van der Waals surface area (Å²) in [6.07, 6.45) is 5.08. The maximum absolute atomic E-state index is 5.00. The van der Waals surface area contributed by atoms with Crippen LogP contribution in [0.1, 0.15) is 12.5 Å². The molecule has 5 nitrogen and oxygen atoms in total. The van der Waals surface area contributed by atoms with Crippen molar-refractivity contribution in [3.8, 4) is 0 Å². The summed E-state index contributed by atoms with van der Waals surface area (Å²) in [7, 11) is 0. The van der Waals surface area contributed by atoms with E-state index >= 15 is 0 Å². The van der Waals surface area contributed by atoms with Gasteiger partial charge in [-0.1, -0.05) is 0 Å². The van der Waals surface area contributed by atoms with Crippen molar-refractivity contribution < 1.29 is 4.42 Å². The van der Waals surface area contributed by atoms with Gasteiger partial charge in [-0.15, -0.1) is 0 Å². The molecule has 2 heterocycles. The van der Waals surface area contributed by atoms with Crippen LogP contribution in [0.3, 0.4) is 0 Å². The van der Waals surface area contributed by atoms with Crippen LogP contribution in [0, 0.1) is 0 Å². The van der Waals surface area contributed by atoms with Gasteiger partial charge in [-0.05, 0) is 28.9 Å².